The molecule has 1 fully saturated rings. The van der Waals surface area contributed by atoms with Crippen LogP contribution in [-0.4, -0.2) is 51.2 Å². The molecule has 1 aliphatic heterocycles. The highest BCUT2D eigenvalue weighted by molar-refractivity contribution is 7.89. The van der Waals surface area contributed by atoms with Crippen LogP contribution in [0.5, 0.6) is 0 Å². The number of methoxy groups -OCH3 is 1. The van der Waals surface area contributed by atoms with Gasteiger partial charge in [0, 0.05) is 39.0 Å². The van der Waals surface area contributed by atoms with Crippen LogP contribution in [0.1, 0.15) is 25.7 Å². The molecule has 0 saturated carbocycles. The van der Waals surface area contributed by atoms with Crippen LogP contribution in [-0.2, 0) is 14.8 Å². The fraction of sp³-hybridized carbons (Fsp3) is 0.562. The van der Waals surface area contributed by atoms with Gasteiger partial charge in [0.05, 0.1) is 4.90 Å². The number of benzene rings is 1. The summed E-state index contributed by atoms with van der Waals surface area (Å²) in [6.45, 7) is 2.56. The topological polar surface area (TPSA) is 70.7 Å². The molecule has 0 amide bonds. The van der Waals surface area contributed by atoms with E-state index >= 15 is 0 Å². The lowest BCUT2D eigenvalue weighted by Crippen LogP contribution is -2.35. The summed E-state index contributed by atoms with van der Waals surface area (Å²) < 4.78 is 32.0. The van der Waals surface area contributed by atoms with Crippen LogP contribution < -0.4 is 10.6 Å². The van der Waals surface area contributed by atoms with E-state index in [2.05, 4.69) is 10.6 Å². The molecule has 1 saturated heterocycles. The lowest BCUT2D eigenvalue weighted by molar-refractivity contribution is 0.196. The molecule has 2 rings (SSSR count). The molecule has 1 aliphatic rings. The number of nitrogens with one attached hydrogen (secondary N) is 2. The summed E-state index contributed by atoms with van der Waals surface area (Å²) in [7, 11) is -1.77. The Morgan fingerprint density at radius 2 is 2.04 bits per heavy atom. The lowest BCUT2D eigenvalue weighted by Gasteiger charge is -2.26. The van der Waals surface area contributed by atoms with E-state index in [-0.39, 0.29) is 0 Å². The molecule has 2 N–H and O–H groups in total. The van der Waals surface area contributed by atoms with Crippen LogP contribution in [0.4, 0.5) is 5.69 Å². The predicted molar refractivity (Wildman–Crippen MR) is 99.8 cm³/mol. The minimum atomic E-state index is -3.43. The molecular weight excluding hydrogens is 346 g/mol. The zero-order valence-corrected chi connectivity index (χ0v) is 15.6. The zero-order chi connectivity index (χ0) is 17.4. The van der Waals surface area contributed by atoms with E-state index in [1.807, 2.05) is 0 Å². The SMILES string of the molecule is COCCCNC(=S)Nc1cccc(S(=O)(=O)N2CCCCC2)c1. The van der Waals surface area contributed by atoms with Crippen LogP contribution >= 0.6 is 12.2 Å². The second kappa shape index (κ2) is 9.31. The molecule has 1 heterocycles. The van der Waals surface area contributed by atoms with Crippen LogP contribution in [0, 0.1) is 0 Å². The summed E-state index contributed by atoms with van der Waals surface area (Å²) in [5.41, 5.74) is 0.664. The first kappa shape index (κ1) is 19.1. The Kier molecular flexibility index (Phi) is 7.41. The lowest BCUT2D eigenvalue weighted by atomic mass is 10.2. The largest absolute Gasteiger partial charge is 0.385 e. The van der Waals surface area contributed by atoms with Gasteiger partial charge < -0.3 is 15.4 Å². The maximum absolute atomic E-state index is 12.7. The van der Waals surface area contributed by atoms with Gasteiger partial charge in [0.1, 0.15) is 0 Å². The van der Waals surface area contributed by atoms with Crippen molar-refractivity contribution in [3.8, 4) is 0 Å². The predicted octanol–water partition coefficient (Wildman–Crippen LogP) is 2.18. The van der Waals surface area contributed by atoms with Gasteiger partial charge in [-0.1, -0.05) is 12.5 Å². The number of sulfonamides is 1. The van der Waals surface area contributed by atoms with Crippen LogP contribution in [0.2, 0.25) is 0 Å². The van der Waals surface area contributed by atoms with Crippen molar-refractivity contribution in [1.29, 1.82) is 0 Å². The van der Waals surface area contributed by atoms with Crippen molar-refractivity contribution in [2.75, 3.05) is 38.7 Å². The molecule has 0 atom stereocenters. The van der Waals surface area contributed by atoms with Crippen molar-refractivity contribution < 1.29 is 13.2 Å². The average Bonchev–Trinajstić information content (AvgIpc) is 2.60. The number of anilines is 1. The second-order valence-electron chi connectivity index (χ2n) is 5.72. The highest BCUT2D eigenvalue weighted by Gasteiger charge is 2.25. The highest BCUT2D eigenvalue weighted by Crippen LogP contribution is 2.22. The summed E-state index contributed by atoms with van der Waals surface area (Å²) in [4.78, 5) is 0.302. The van der Waals surface area contributed by atoms with Crippen LogP contribution in [0.3, 0.4) is 0 Å². The molecule has 1 aromatic carbocycles. The molecular formula is C16H25N3O3S2. The van der Waals surface area contributed by atoms with Crippen molar-refractivity contribution in [2.45, 2.75) is 30.6 Å². The minimum absolute atomic E-state index is 0.302. The van der Waals surface area contributed by atoms with Gasteiger partial charge in [-0.05, 0) is 49.7 Å². The van der Waals surface area contributed by atoms with Crippen molar-refractivity contribution >= 4 is 33.0 Å². The van der Waals surface area contributed by atoms with E-state index in [1.165, 1.54) is 0 Å². The molecule has 6 nitrogen and oxygen atoms in total. The Labute approximate surface area is 149 Å². The second-order valence-corrected chi connectivity index (χ2v) is 8.07. The Bertz CT molecular complexity index is 644. The number of ether oxygens (including phenoxy) is 1. The Morgan fingerprint density at radius 1 is 1.29 bits per heavy atom. The Balaban J connectivity index is 1.99. The Hall–Kier alpha value is -1.22. The van der Waals surface area contributed by atoms with Crippen molar-refractivity contribution in [3.63, 3.8) is 0 Å². The monoisotopic (exact) mass is 371 g/mol. The fourth-order valence-corrected chi connectivity index (χ4v) is 4.37. The molecule has 0 radical (unpaired) electrons. The summed E-state index contributed by atoms with van der Waals surface area (Å²) >= 11 is 5.22. The van der Waals surface area contributed by atoms with E-state index in [0.717, 1.165) is 25.7 Å². The van der Waals surface area contributed by atoms with Gasteiger partial charge in [-0.2, -0.15) is 4.31 Å². The number of hydrogen-bond acceptors (Lipinski definition) is 4. The number of thiocarbonyl (C=S) groups is 1. The highest BCUT2D eigenvalue weighted by atomic mass is 32.2. The van der Waals surface area contributed by atoms with Gasteiger partial charge in [0.2, 0.25) is 10.0 Å². The van der Waals surface area contributed by atoms with E-state index in [4.69, 9.17) is 17.0 Å². The van der Waals surface area contributed by atoms with Gasteiger partial charge in [0.25, 0.3) is 0 Å². The number of hydrogen-bond donors (Lipinski definition) is 2. The van der Waals surface area contributed by atoms with Crippen molar-refractivity contribution in [3.05, 3.63) is 24.3 Å². The third-order valence-electron chi connectivity index (χ3n) is 3.86. The normalized spacial score (nSPS) is 15.9. The molecule has 0 spiro atoms. The summed E-state index contributed by atoms with van der Waals surface area (Å²) in [6.07, 6.45) is 3.79. The minimum Gasteiger partial charge on any atom is -0.385 e. The van der Waals surface area contributed by atoms with Gasteiger partial charge in [-0.3, -0.25) is 0 Å². The van der Waals surface area contributed by atoms with E-state index in [0.29, 0.717) is 41.9 Å². The van der Waals surface area contributed by atoms with Gasteiger partial charge >= 0.3 is 0 Å². The average molecular weight is 372 g/mol. The first-order valence-corrected chi connectivity index (χ1v) is 10.0. The summed E-state index contributed by atoms with van der Waals surface area (Å²) in [6, 6.07) is 6.79. The standard InChI is InChI=1S/C16H25N3O3S2/c1-22-12-6-9-17-16(23)18-14-7-5-8-15(13-14)24(20,21)19-10-3-2-4-11-19/h5,7-8,13H,2-4,6,9-12H2,1H3,(H2,17,18,23). The summed E-state index contributed by atoms with van der Waals surface area (Å²) in [5, 5.41) is 6.57. The Morgan fingerprint density at radius 3 is 2.75 bits per heavy atom. The fourth-order valence-electron chi connectivity index (χ4n) is 2.58. The molecule has 0 bridgehead atoms. The third kappa shape index (κ3) is 5.41. The molecule has 1 aromatic rings. The first-order valence-electron chi connectivity index (χ1n) is 8.18. The third-order valence-corrected chi connectivity index (χ3v) is 6.00. The molecule has 24 heavy (non-hydrogen) atoms. The van der Waals surface area contributed by atoms with E-state index in [9.17, 15) is 8.42 Å². The molecule has 8 heteroatoms. The zero-order valence-electron chi connectivity index (χ0n) is 14.0. The first-order chi connectivity index (χ1) is 11.5. The van der Waals surface area contributed by atoms with Crippen molar-refractivity contribution in [2.24, 2.45) is 0 Å². The molecule has 0 unspecified atom stereocenters. The van der Waals surface area contributed by atoms with Crippen LogP contribution in [0.25, 0.3) is 0 Å². The smallest absolute Gasteiger partial charge is 0.243 e. The van der Waals surface area contributed by atoms with Crippen LogP contribution in [0.15, 0.2) is 29.2 Å². The van der Waals surface area contributed by atoms with Gasteiger partial charge in [0.15, 0.2) is 5.11 Å². The summed E-state index contributed by atoms with van der Waals surface area (Å²) in [5.74, 6) is 0. The quantitative estimate of drug-likeness (QED) is 0.566. The maximum Gasteiger partial charge on any atom is 0.243 e. The number of piperidine rings is 1. The van der Waals surface area contributed by atoms with Crippen molar-refractivity contribution in [1.82, 2.24) is 9.62 Å². The number of nitrogens with zero attached hydrogens (tertiary/aromatic N) is 1. The van der Waals surface area contributed by atoms with E-state index in [1.54, 1.807) is 35.7 Å². The number of rotatable bonds is 7. The van der Waals surface area contributed by atoms with Gasteiger partial charge in [-0.15, -0.1) is 0 Å². The molecule has 134 valence electrons. The van der Waals surface area contributed by atoms with Gasteiger partial charge in [-0.25, -0.2) is 8.42 Å². The molecule has 0 aromatic heterocycles. The van der Waals surface area contributed by atoms with E-state index < -0.39 is 10.0 Å². The maximum atomic E-state index is 12.7. The molecule has 0 aliphatic carbocycles.